The quantitative estimate of drug-likeness (QED) is 0.416. The van der Waals surface area contributed by atoms with Gasteiger partial charge in [0.25, 0.3) is 5.91 Å². The number of nitrogens with one attached hydrogen (secondary N) is 2. The molecule has 3 heterocycles. The van der Waals surface area contributed by atoms with Crippen LogP contribution >= 0.6 is 0 Å². The van der Waals surface area contributed by atoms with Gasteiger partial charge in [-0.15, -0.1) is 0 Å². The number of morpholine rings is 1. The van der Waals surface area contributed by atoms with Crippen LogP contribution in [0.5, 0.6) is 0 Å². The van der Waals surface area contributed by atoms with Crippen LogP contribution in [0.4, 0.5) is 28.9 Å². The van der Waals surface area contributed by atoms with E-state index in [0.29, 0.717) is 49.2 Å². The molecular formula is C30H33F4N5O3. The number of hydrogen-bond acceptors (Lipinski definition) is 6. The SMILES string of the molecule is CC1CN(C)CCN1c1ccc(-c2cc(CN3CCOCC3)ccc2F)cc1NC(=O)c1c[nH]c(=O)cc1C(F)(F)F. The number of carbonyl (C=O) groups is 1. The zero-order valence-electron chi connectivity index (χ0n) is 23.4. The summed E-state index contributed by atoms with van der Waals surface area (Å²) in [6.07, 6.45) is -4.15. The molecule has 2 aliphatic heterocycles. The molecular weight excluding hydrogens is 554 g/mol. The Bertz CT molecular complexity index is 1500. The number of aromatic amines is 1. The molecule has 1 aromatic heterocycles. The first-order valence-electron chi connectivity index (χ1n) is 13.8. The normalized spacial score (nSPS) is 18.7. The molecule has 1 atom stereocenters. The highest BCUT2D eigenvalue weighted by molar-refractivity contribution is 6.07. The van der Waals surface area contributed by atoms with Gasteiger partial charge in [0.2, 0.25) is 5.56 Å². The van der Waals surface area contributed by atoms with Crippen LogP contribution in [0.1, 0.15) is 28.4 Å². The van der Waals surface area contributed by atoms with Crippen molar-refractivity contribution in [1.29, 1.82) is 0 Å². The number of rotatable bonds is 6. The first-order chi connectivity index (χ1) is 20.0. The summed E-state index contributed by atoms with van der Waals surface area (Å²) in [6, 6.07) is 10.4. The van der Waals surface area contributed by atoms with Crippen molar-refractivity contribution >= 4 is 17.3 Å². The number of aromatic nitrogens is 1. The molecule has 0 spiro atoms. The molecule has 12 heteroatoms. The van der Waals surface area contributed by atoms with Gasteiger partial charge in [0.15, 0.2) is 0 Å². The fourth-order valence-electron chi connectivity index (χ4n) is 5.54. The molecule has 5 rings (SSSR count). The van der Waals surface area contributed by atoms with Crippen LogP contribution in [0.2, 0.25) is 0 Å². The van der Waals surface area contributed by atoms with Gasteiger partial charge in [-0.3, -0.25) is 14.5 Å². The number of hydrogen-bond donors (Lipinski definition) is 2. The number of benzene rings is 2. The summed E-state index contributed by atoms with van der Waals surface area (Å²) in [5.74, 6) is -1.50. The van der Waals surface area contributed by atoms with E-state index in [-0.39, 0.29) is 11.7 Å². The fraction of sp³-hybridized carbons (Fsp3) is 0.400. The van der Waals surface area contributed by atoms with Gasteiger partial charge < -0.3 is 24.8 Å². The van der Waals surface area contributed by atoms with Gasteiger partial charge in [-0.1, -0.05) is 12.1 Å². The minimum absolute atomic E-state index is 0.0395. The van der Waals surface area contributed by atoms with E-state index in [0.717, 1.165) is 37.9 Å². The summed E-state index contributed by atoms with van der Waals surface area (Å²) >= 11 is 0. The Hall–Kier alpha value is -3.74. The maximum absolute atomic E-state index is 15.2. The molecule has 0 aliphatic carbocycles. The smallest absolute Gasteiger partial charge is 0.379 e. The predicted octanol–water partition coefficient (Wildman–Crippen LogP) is 4.42. The highest BCUT2D eigenvalue weighted by atomic mass is 19.4. The molecule has 2 saturated heterocycles. The number of pyridine rings is 1. The van der Waals surface area contributed by atoms with E-state index >= 15 is 4.39 Å². The number of anilines is 2. The second kappa shape index (κ2) is 12.2. The van der Waals surface area contributed by atoms with Crippen LogP contribution in [0, 0.1) is 5.82 Å². The molecule has 224 valence electrons. The number of carbonyl (C=O) groups excluding carboxylic acids is 1. The summed E-state index contributed by atoms with van der Waals surface area (Å²) in [6.45, 7) is 7.55. The average Bonchev–Trinajstić information content (AvgIpc) is 2.94. The van der Waals surface area contributed by atoms with E-state index in [1.165, 1.54) is 6.07 Å². The van der Waals surface area contributed by atoms with Crippen molar-refractivity contribution in [3.05, 3.63) is 81.5 Å². The summed E-state index contributed by atoms with van der Waals surface area (Å²) in [5.41, 5.74) is -0.496. The zero-order chi connectivity index (χ0) is 30.0. The third-order valence-electron chi connectivity index (χ3n) is 7.71. The van der Waals surface area contributed by atoms with Crippen molar-refractivity contribution in [3.8, 4) is 11.1 Å². The molecule has 0 bridgehead atoms. The van der Waals surface area contributed by atoms with Gasteiger partial charge in [-0.05, 0) is 49.4 Å². The predicted molar refractivity (Wildman–Crippen MR) is 152 cm³/mol. The lowest BCUT2D eigenvalue weighted by atomic mass is 9.99. The van der Waals surface area contributed by atoms with Gasteiger partial charge in [0.1, 0.15) is 5.82 Å². The average molecular weight is 588 g/mol. The van der Waals surface area contributed by atoms with Crippen LogP contribution in [-0.4, -0.2) is 79.7 Å². The minimum atomic E-state index is -4.92. The van der Waals surface area contributed by atoms with Crippen LogP contribution in [-0.2, 0) is 17.5 Å². The highest BCUT2D eigenvalue weighted by Gasteiger charge is 2.36. The molecule has 2 aliphatic rings. The molecule has 2 fully saturated rings. The van der Waals surface area contributed by atoms with E-state index in [9.17, 15) is 22.8 Å². The molecule has 2 aromatic carbocycles. The van der Waals surface area contributed by atoms with E-state index in [1.807, 2.05) is 14.0 Å². The Labute approximate surface area is 240 Å². The largest absolute Gasteiger partial charge is 0.417 e. The molecule has 0 saturated carbocycles. The first-order valence-corrected chi connectivity index (χ1v) is 13.8. The first kappa shape index (κ1) is 29.7. The number of piperazine rings is 1. The number of nitrogens with zero attached hydrogens (tertiary/aromatic N) is 3. The number of halogens is 4. The Kier molecular flexibility index (Phi) is 8.67. The number of ether oxygens (including phenoxy) is 1. The van der Waals surface area contributed by atoms with Crippen molar-refractivity contribution in [2.75, 3.05) is 63.2 Å². The van der Waals surface area contributed by atoms with Gasteiger partial charge in [0.05, 0.1) is 35.7 Å². The van der Waals surface area contributed by atoms with Gasteiger partial charge in [0, 0.05) is 63.1 Å². The third kappa shape index (κ3) is 6.66. The maximum Gasteiger partial charge on any atom is 0.417 e. The van der Waals surface area contributed by atoms with E-state index in [4.69, 9.17) is 4.74 Å². The van der Waals surface area contributed by atoms with Crippen molar-refractivity contribution in [2.45, 2.75) is 25.7 Å². The molecule has 2 N–H and O–H groups in total. The maximum atomic E-state index is 15.2. The van der Waals surface area contributed by atoms with Gasteiger partial charge in [-0.25, -0.2) is 4.39 Å². The monoisotopic (exact) mass is 587 g/mol. The summed E-state index contributed by atoms with van der Waals surface area (Å²) in [7, 11) is 2.00. The standard InChI is InChI=1S/C30H33F4N5O3/c1-19-17-37(2)7-8-39(19)27-6-4-21(22-13-20(3-5-25(22)31)18-38-9-11-42-12-10-38)14-26(27)36-29(41)23-16-35-28(40)15-24(23)30(32,33)34/h3-6,13-16,19H,7-12,17-18H2,1-2H3,(H,35,40)(H,36,41). The van der Waals surface area contributed by atoms with Crippen molar-refractivity contribution in [3.63, 3.8) is 0 Å². The third-order valence-corrected chi connectivity index (χ3v) is 7.71. The van der Waals surface area contributed by atoms with E-state index in [2.05, 4.69) is 25.0 Å². The van der Waals surface area contributed by atoms with Gasteiger partial charge >= 0.3 is 6.18 Å². The molecule has 42 heavy (non-hydrogen) atoms. The van der Waals surface area contributed by atoms with Crippen LogP contribution in [0.25, 0.3) is 11.1 Å². The number of H-pyrrole nitrogens is 1. The second-order valence-electron chi connectivity index (χ2n) is 10.8. The lowest BCUT2D eigenvalue weighted by Crippen LogP contribution is -2.50. The Morgan fingerprint density at radius 2 is 1.83 bits per heavy atom. The summed E-state index contributed by atoms with van der Waals surface area (Å²) in [5, 5.41) is 2.64. The fourth-order valence-corrected chi connectivity index (χ4v) is 5.54. The molecule has 1 unspecified atom stereocenters. The van der Waals surface area contributed by atoms with E-state index < -0.39 is 34.6 Å². The lowest BCUT2D eigenvalue weighted by molar-refractivity contribution is -0.138. The molecule has 3 aromatic rings. The van der Waals surface area contributed by atoms with Crippen LogP contribution < -0.4 is 15.8 Å². The highest BCUT2D eigenvalue weighted by Crippen LogP contribution is 2.36. The molecule has 0 radical (unpaired) electrons. The molecule has 8 nitrogen and oxygen atoms in total. The van der Waals surface area contributed by atoms with Gasteiger partial charge in [-0.2, -0.15) is 13.2 Å². The number of amides is 1. The Morgan fingerprint density at radius 1 is 1.07 bits per heavy atom. The Balaban J connectivity index is 1.53. The van der Waals surface area contributed by atoms with Crippen molar-refractivity contribution in [2.24, 2.45) is 0 Å². The summed E-state index contributed by atoms with van der Waals surface area (Å²) < 4.78 is 61.8. The second-order valence-corrected chi connectivity index (χ2v) is 10.8. The van der Waals surface area contributed by atoms with E-state index in [1.54, 1.807) is 30.3 Å². The van der Waals surface area contributed by atoms with Crippen molar-refractivity contribution < 1.29 is 27.1 Å². The van der Waals surface area contributed by atoms with Crippen LogP contribution in [0.15, 0.2) is 53.5 Å². The summed E-state index contributed by atoms with van der Waals surface area (Å²) in [4.78, 5) is 33.6. The van der Waals surface area contributed by atoms with Crippen LogP contribution in [0.3, 0.4) is 0 Å². The Morgan fingerprint density at radius 3 is 2.55 bits per heavy atom. The lowest BCUT2D eigenvalue weighted by Gasteiger charge is -2.40. The minimum Gasteiger partial charge on any atom is -0.379 e. The molecule has 1 amide bonds. The number of likely N-dealkylation sites (N-methyl/N-ethyl adjacent to an activating group) is 1. The zero-order valence-corrected chi connectivity index (χ0v) is 23.4. The number of alkyl halides is 3. The van der Waals surface area contributed by atoms with Crippen molar-refractivity contribution in [1.82, 2.24) is 14.8 Å². The topological polar surface area (TPSA) is 80.9 Å².